The molecule has 2 aromatic heterocycles. The van der Waals surface area contributed by atoms with Crippen LogP contribution < -0.4 is 15.4 Å². The summed E-state index contributed by atoms with van der Waals surface area (Å²) < 4.78 is 13.2. The zero-order chi connectivity index (χ0) is 22.5. The molecule has 0 unspecified atom stereocenters. The Morgan fingerprint density at radius 2 is 1.76 bits per heavy atom. The van der Waals surface area contributed by atoms with Crippen LogP contribution in [0.3, 0.4) is 0 Å². The molecule has 0 saturated carbocycles. The van der Waals surface area contributed by atoms with Crippen LogP contribution in [0.4, 0.5) is 0 Å². The van der Waals surface area contributed by atoms with Gasteiger partial charge >= 0.3 is 0 Å². The Balaban J connectivity index is 0.00000306. The highest BCUT2D eigenvalue weighted by Crippen LogP contribution is 2.24. The third kappa shape index (κ3) is 5.84. The maximum atomic E-state index is 6.04. The summed E-state index contributed by atoms with van der Waals surface area (Å²) in [4.78, 5) is 4.75. The van der Waals surface area contributed by atoms with Crippen molar-refractivity contribution in [2.75, 3.05) is 7.11 Å². The Morgan fingerprint density at radius 3 is 2.42 bits per heavy atom. The summed E-state index contributed by atoms with van der Waals surface area (Å²) in [5, 5.41) is 16.2. The van der Waals surface area contributed by atoms with E-state index in [2.05, 4.69) is 33.8 Å². The summed E-state index contributed by atoms with van der Waals surface area (Å²) >= 11 is 0. The van der Waals surface area contributed by atoms with Gasteiger partial charge in [-0.3, -0.25) is 0 Å². The maximum Gasteiger partial charge on any atom is 0.192 e. The third-order valence-corrected chi connectivity index (χ3v) is 5.53. The normalized spacial score (nSPS) is 11.3. The minimum absolute atomic E-state index is 0. The molecule has 2 aromatic carbocycles. The molecular weight excluding hydrogens is 531 g/mol. The summed E-state index contributed by atoms with van der Waals surface area (Å²) in [6.07, 6.45) is 0. The molecule has 2 heterocycles. The van der Waals surface area contributed by atoms with Crippen LogP contribution in [0.25, 0.3) is 11.0 Å². The number of furan rings is 1. The fraction of sp³-hybridized carbons (Fsp3) is 0.292. The Morgan fingerprint density at radius 1 is 1.03 bits per heavy atom. The van der Waals surface area contributed by atoms with Gasteiger partial charge in [0.15, 0.2) is 11.8 Å². The highest BCUT2D eigenvalue weighted by atomic mass is 127. The van der Waals surface area contributed by atoms with Gasteiger partial charge in [0, 0.05) is 18.0 Å². The number of fused-ring (bicyclic) bond motifs is 1. The zero-order valence-electron chi connectivity index (χ0n) is 19.3. The van der Waals surface area contributed by atoms with Gasteiger partial charge < -0.3 is 24.4 Å². The van der Waals surface area contributed by atoms with Crippen LogP contribution in [0.5, 0.6) is 5.75 Å². The molecule has 0 aliphatic carbocycles. The number of hydrogen-bond acceptors (Lipinski definition) is 5. The first-order chi connectivity index (χ1) is 15.5. The van der Waals surface area contributed by atoms with Gasteiger partial charge in [0.1, 0.15) is 22.9 Å². The minimum Gasteiger partial charge on any atom is -0.497 e. The van der Waals surface area contributed by atoms with Gasteiger partial charge in [0.25, 0.3) is 0 Å². The average Bonchev–Trinajstić information content (AvgIpc) is 3.32. The molecule has 0 aliphatic rings. The Hall–Kier alpha value is -3.08. The molecule has 0 atom stereocenters. The number of rotatable bonds is 7. The number of para-hydroxylation sites is 1. The van der Waals surface area contributed by atoms with Gasteiger partial charge in [-0.15, -0.1) is 34.2 Å². The Labute approximate surface area is 210 Å². The number of ether oxygens (including phenoxy) is 1. The largest absolute Gasteiger partial charge is 0.497 e. The predicted octanol–water partition coefficient (Wildman–Crippen LogP) is 4.24. The quantitative estimate of drug-likeness (QED) is 0.200. The van der Waals surface area contributed by atoms with Crippen LogP contribution in [0, 0.1) is 13.8 Å². The van der Waals surface area contributed by atoms with E-state index in [-0.39, 0.29) is 24.0 Å². The van der Waals surface area contributed by atoms with E-state index in [0.717, 1.165) is 45.3 Å². The van der Waals surface area contributed by atoms with Gasteiger partial charge in [-0.05, 0) is 37.6 Å². The first-order valence-electron chi connectivity index (χ1n) is 10.5. The second kappa shape index (κ2) is 11.2. The average molecular weight is 560 g/mol. The number of hydrogen-bond donors (Lipinski definition) is 2. The summed E-state index contributed by atoms with van der Waals surface area (Å²) in [7, 11) is 3.61. The van der Waals surface area contributed by atoms with Gasteiger partial charge in [0.2, 0.25) is 0 Å². The smallest absolute Gasteiger partial charge is 0.192 e. The summed E-state index contributed by atoms with van der Waals surface area (Å²) in [5.41, 5.74) is 3.11. The van der Waals surface area contributed by atoms with E-state index in [4.69, 9.17) is 14.1 Å². The van der Waals surface area contributed by atoms with Crippen molar-refractivity contribution in [1.29, 1.82) is 0 Å². The number of nitrogens with zero attached hydrogens (tertiary/aromatic N) is 4. The number of aromatic nitrogens is 3. The van der Waals surface area contributed by atoms with Crippen LogP contribution in [0.1, 0.15) is 28.5 Å². The van der Waals surface area contributed by atoms with Crippen molar-refractivity contribution in [2.24, 2.45) is 12.0 Å². The standard InChI is InChI=1S/C24H28N6O2.HI/c1-16-20-7-5-6-8-21(20)32-22(16)14-26-24(27-15-23-29-28-17(2)30(23)3)25-13-18-9-11-19(31-4)12-10-18;/h5-12H,13-15H2,1-4H3,(H2,25,26,27);1H. The zero-order valence-corrected chi connectivity index (χ0v) is 21.6. The monoisotopic (exact) mass is 560 g/mol. The SMILES string of the molecule is COc1ccc(CN=C(NCc2oc3ccccc3c2C)NCc2nnc(C)n2C)cc1.I. The highest BCUT2D eigenvalue weighted by Gasteiger charge is 2.11. The van der Waals surface area contributed by atoms with E-state index in [1.807, 2.05) is 61.0 Å². The summed E-state index contributed by atoms with van der Waals surface area (Å²) in [5.74, 6) is 4.08. The van der Waals surface area contributed by atoms with Crippen molar-refractivity contribution in [3.8, 4) is 5.75 Å². The molecular formula is C24H29IN6O2. The van der Waals surface area contributed by atoms with Crippen molar-refractivity contribution in [2.45, 2.75) is 33.5 Å². The molecule has 4 rings (SSSR count). The van der Waals surface area contributed by atoms with E-state index in [1.54, 1.807) is 7.11 Å². The van der Waals surface area contributed by atoms with Crippen LogP contribution in [0.15, 0.2) is 57.9 Å². The lowest BCUT2D eigenvalue weighted by Gasteiger charge is -2.12. The topological polar surface area (TPSA) is 89.5 Å². The molecule has 9 heteroatoms. The molecule has 0 fully saturated rings. The van der Waals surface area contributed by atoms with Gasteiger partial charge in [-0.2, -0.15) is 0 Å². The van der Waals surface area contributed by atoms with E-state index < -0.39 is 0 Å². The second-order valence-corrected chi connectivity index (χ2v) is 7.59. The summed E-state index contributed by atoms with van der Waals surface area (Å²) in [6, 6.07) is 16.0. The first-order valence-corrected chi connectivity index (χ1v) is 10.5. The van der Waals surface area contributed by atoms with Gasteiger partial charge in [-0.1, -0.05) is 30.3 Å². The molecule has 0 amide bonds. The number of methoxy groups -OCH3 is 1. The molecule has 0 saturated heterocycles. The van der Waals surface area contributed by atoms with Gasteiger partial charge in [-0.25, -0.2) is 4.99 Å². The van der Waals surface area contributed by atoms with Crippen LogP contribution in [-0.2, 0) is 26.7 Å². The number of aliphatic imine (C=N–C) groups is 1. The highest BCUT2D eigenvalue weighted by molar-refractivity contribution is 14.0. The number of aryl methyl sites for hydroxylation is 2. The molecule has 0 aliphatic heterocycles. The molecule has 0 spiro atoms. The second-order valence-electron chi connectivity index (χ2n) is 7.59. The van der Waals surface area contributed by atoms with Crippen molar-refractivity contribution in [3.63, 3.8) is 0 Å². The minimum atomic E-state index is 0. The van der Waals surface area contributed by atoms with Crippen LogP contribution in [0.2, 0.25) is 0 Å². The van der Waals surface area contributed by atoms with Crippen molar-refractivity contribution in [3.05, 3.63) is 77.1 Å². The molecule has 33 heavy (non-hydrogen) atoms. The van der Waals surface area contributed by atoms with E-state index in [1.165, 1.54) is 0 Å². The van der Waals surface area contributed by atoms with Gasteiger partial charge in [0.05, 0.1) is 26.7 Å². The molecule has 4 aromatic rings. The van der Waals surface area contributed by atoms with Crippen LogP contribution in [-0.4, -0.2) is 27.8 Å². The lowest BCUT2D eigenvalue weighted by atomic mass is 10.1. The fourth-order valence-electron chi connectivity index (χ4n) is 3.40. The fourth-order valence-corrected chi connectivity index (χ4v) is 3.40. The van der Waals surface area contributed by atoms with Crippen molar-refractivity contribution >= 4 is 40.9 Å². The van der Waals surface area contributed by atoms with Crippen LogP contribution >= 0.6 is 24.0 Å². The molecule has 174 valence electrons. The summed E-state index contributed by atoms with van der Waals surface area (Å²) in [6.45, 7) is 5.55. The third-order valence-electron chi connectivity index (χ3n) is 5.53. The molecule has 0 bridgehead atoms. The van der Waals surface area contributed by atoms with Crippen molar-refractivity contribution < 1.29 is 9.15 Å². The Kier molecular flexibility index (Phi) is 8.32. The van der Waals surface area contributed by atoms with E-state index >= 15 is 0 Å². The molecule has 0 radical (unpaired) electrons. The first kappa shape index (κ1) is 24.6. The number of nitrogens with one attached hydrogen (secondary N) is 2. The van der Waals surface area contributed by atoms with E-state index in [9.17, 15) is 0 Å². The molecule has 2 N–H and O–H groups in total. The number of guanidine groups is 1. The Bertz CT molecular complexity index is 1230. The van der Waals surface area contributed by atoms with Crippen molar-refractivity contribution in [1.82, 2.24) is 25.4 Å². The lowest BCUT2D eigenvalue weighted by molar-refractivity contribution is 0.414. The maximum absolute atomic E-state index is 6.04. The number of benzene rings is 2. The van der Waals surface area contributed by atoms with E-state index in [0.29, 0.717) is 25.6 Å². The predicted molar refractivity (Wildman–Crippen MR) is 140 cm³/mol. The molecule has 8 nitrogen and oxygen atoms in total. The lowest BCUT2D eigenvalue weighted by Crippen LogP contribution is -2.37. The number of halogens is 1.